The summed E-state index contributed by atoms with van der Waals surface area (Å²) in [6.07, 6.45) is 11.2. The summed E-state index contributed by atoms with van der Waals surface area (Å²) >= 11 is 1.98. The summed E-state index contributed by atoms with van der Waals surface area (Å²) in [5.41, 5.74) is -3.34. The van der Waals surface area contributed by atoms with Gasteiger partial charge in [-0.15, -0.1) is 0 Å². The van der Waals surface area contributed by atoms with E-state index in [4.69, 9.17) is 14.2 Å². The van der Waals surface area contributed by atoms with Gasteiger partial charge in [0.2, 0.25) is 12.3 Å². The Hall–Kier alpha value is -2.66. The number of amides is 1. The second kappa shape index (κ2) is 25.3. The molecule has 0 unspecified atom stereocenters. The van der Waals surface area contributed by atoms with Gasteiger partial charge in [-0.3, -0.25) is 4.79 Å². The standard InChI is InChI=1S/C39H63F2NO7S/c1-7-9-11-15-18-26-50-27-19-16-13-12-14-17-20-32(39(46,29-34(40)41)37(45)49-38(3,4)5)35(43)42-33(36(44)47-6)28-30-21-23-31(24-22-30)48-25-10-8-2/h17,20-24,32-34,46H,7-16,18-19,25-29H2,1-6H3,(H,42,43)/t32-,33+,39+/m1/s1. The Bertz CT molecular complexity index is 1130. The molecule has 1 aromatic rings. The first-order valence-corrected chi connectivity index (χ1v) is 19.5. The van der Waals surface area contributed by atoms with Crippen molar-refractivity contribution in [3.63, 3.8) is 0 Å². The molecule has 0 fully saturated rings. The fraction of sp³-hybridized carbons (Fsp3) is 0.718. The lowest BCUT2D eigenvalue weighted by atomic mass is 9.82. The Morgan fingerprint density at radius 2 is 1.50 bits per heavy atom. The third-order valence-electron chi connectivity index (χ3n) is 8.08. The molecule has 0 bridgehead atoms. The number of hydrogen-bond acceptors (Lipinski definition) is 8. The molecule has 1 amide bonds. The van der Waals surface area contributed by atoms with E-state index in [0.29, 0.717) is 24.3 Å². The molecule has 0 aliphatic heterocycles. The van der Waals surface area contributed by atoms with Crippen molar-refractivity contribution in [2.75, 3.05) is 25.2 Å². The van der Waals surface area contributed by atoms with Gasteiger partial charge in [-0.25, -0.2) is 18.4 Å². The van der Waals surface area contributed by atoms with E-state index in [1.165, 1.54) is 71.8 Å². The number of carbonyl (C=O) groups is 3. The highest BCUT2D eigenvalue weighted by Crippen LogP contribution is 2.31. The number of benzene rings is 1. The van der Waals surface area contributed by atoms with Gasteiger partial charge in [0.25, 0.3) is 0 Å². The van der Waals surface area contributed by atoms with Crippen molar-refractivity contribution in [1.29, 1.82) is 0 Å². The molecule has 0 aliphatic carbocycles. The highest BCUT2D eigenvalue weighted by atomic mass is 32.2. The van der Waals surface area contributed by atoms with E-state index in [9.17, 15) is 28.3 Å². The van der Waals surface area contributed by atoms with Gasteiger partial charge in [-0.2, -0.15) is 11.8 Å². The molecule has 2 N–H and O–H groups in total. The van der Waals surface area contributed by atoms with E-state index >= 15 is 0 Å². The zero-order valence-corrected chi connectivity index (χ0v) is 32.1. The summed E-state index contributed by atoms with van der Waals surface area (Å²) in [6, 6.07) is 5.79. The molecule has 50 heavy (non-hydrogen) atoms. The normalized spacial score (nSPS) is 14.3. The topological polar surface area (TPSA) is 111 Å². The van der Waals surface area contributed by atoms with E-state index in [-0.39, 0.29) is 6.42 Å². The number of rotatable bonds is 27. The number of nitrogens with one attached hydrogen (secondary N) is 1. The van der Waals surface area contributed by atoms with Crippen LogP contribution in [-0.4, -0.2) is 71.8 Å². The molecule has 0 saturated carbocycles. The molecule has 0 aliphatic rings. The number of ether oxygens (including phenoxy) is 3. The first-order chi connectivity index (χ1) is 23.8. The summed E-state index contributed by atoms with van der Waals surface area (Å²) in [6.45, 7) is 9.47. The lowest BCUT2D eigenvalue weighted by molar-refractivity contribution is -0.188. The van der Waals surface area contributed by atoms with Crippen LogP contribution in [0.3, 0.4) is 0 Å². The zero-order valence-electron chi connectivity index (χ0n) is 31.3. The van der Waals surface area contributed by atoms with Crippen LogP contribution in [-0.2, 0) is 30.3 Å². The monoisotopic (exact) mass is 727 g/mol. The van der Waals surface area contributed by atoms with Crippen LogP contribution in [0.25, 0.3) is 0 Å². The lowest BCUT2D eigenvalue weighted by Gasteiger charge is -2.34. The van der Waals surface area contributed by atoms with Crippen molar-refractivity contribution in [2.24, 2.45) is 5.92 Å². The van der Waals surface area contributed by atoms with Crippen LogP contribution >= 0.6 is 11.8 Å². The first-order valence-electron chi connectivity index (χ1n) is 18.4. The Morgan fingerprint density at radius 3 is 2.06 bits per heavy atom. The Labute approximate surface area is 303 Å². The molecular weight excluding hydrogens is 664 g/mol. The summed E-state index contributed by atoms with van der Waals surface area (Å²) < 4.78 is 43.8. The summed E-state index contributed by atoms with van der Waals surface area (Å²) in [7, 11) is 1.17. The van der Waals surface area contributed by atoms with Crippen molar-refractivity contribution >= 4 is 29.6 Å². The number of esters is 2. The number of unbranched alkanes of at least 4 members (excludes halogenated alkanes) is 9. The maximum atomic E-state index is 13.9. The molecule has 0 spiro atoms. The van der Waals surface area contributed by atoms with E-state index in [1.807, 2.05) is 11.8 Å². The predicted molar refractivity (Wildman–Crippen MR) is 198 cm³/mol. The van der Waals surface area contributed by atoms with Crippen LogP contribution in [0.4, 0.5) is 8.78 Å². The van der Waals surface area contributed by atoms with Crippen molar-refractivity contribution in [2.45, 2.75) is 148 Å². The molecular formula is C39H63F2NO7S. The Morgan fingerprint density at radius 1 is 0.900 bits per heavy atom. The lowest BCUT2D eigenvalue weighted by Crippen LogP contribution is -2.56. The van der Waals surface area contributed by atoms with Gasteiger partial charge in [0.1, 0.15) is 17.4 Å². The second-order valence-corrected chi connectivity index (χ2v) is 15.0. The maximum absolute atomic E-state index is 13.9. The number of carbonyl (C=O) groups excluding carboxylic acids is 3. The van der Waals surface area contributed by atoms with Crippen molar-refractivity contribution in [3.05, 3.63) is 42.0 Å². The van der Waals surface area contributed by atoms with Crippen molar-refractivity contribution < 1.29 is 42.5 Å². The largest absolute Gasteiger partial charge is 0.494 e. The van der Waals surface area contributed by atoms with E-state index < -0.39 is 53.9 Å². The maximum Gasteiger partial charge on any atom is 0.340 e. The smallest absolute Gasteiger partial charge is 0.340 e. The molecule has 11 heteroatoms. The number of halogens is 2. The molecule has 0 radical (unpaired) electrons. The van der Waals surface area contributed by atoms with Crippen LogP contribution in [0, 0.1) is 5.92 Å². The number of thioether (sulfide) groups is 1. The third-order valence-corrected chi connectivity index (χ3v) is 9.23. The van der Waals surface area contributed by atoms with Gasteiger partial charge in [-0.1, -0.05) is 83.1 Å². The van der Waals surface area contributed by atoms with Gasteiger partial charge >= 0.3 is 11.9 Å². The molecule has 0 saturated heterocycles. The SMILES string of the molecule is CCCCCCCSCCCCCCC=C[C@H](C(=O)N[C@@H](Cc1ccc(OCCCC)cc1)C(=O)OC)[C@@](O)(CC(F)F)C(=O)OC(C)(C)C. The zero-order chi connectivity index (χ0) is 37.4. The van der Waals surface area contributed by atoms with Crippen molar-refractivity contribution in [1.82, 2.24) is 5.32 Å². The van der Waals surface area contributed by atoms with Gasteiger partial charge in [-0.05, 0) is 82.1 Å². The average Bonchev–Trinajstić information content (AvgIpc) is 3.05. The molecule has 3 atom stereocenters. The number of alkyl halides is 2. The number of allylic oxidation sites excluding steroid dienone is 1. The molecule has 1 rings (SSSR count). The number of hydrogen-bond donors (Lipinski definition) is 2. The minimum absolute atomic E-state index is 0.0148. The summed E-state index contributed by atoms with van der Waals surface area (Å²) in [4.78, 5) is 39.9. The fourth-order valence-corrected chi connectivity index (χ4v) is 6.27. The quantitative estimate of drug-likeness (QED) is 0.0527. The van der Waals surface area contributed by atoms with Gasteiger partial charge in [0, 0.05) is 12.8 Å². The van der Waals surface area contributed by atoms with Crippen LogP contribution < -0.4 is 10.1 Å². The molecule has 0 aromatic heterocycles. The van der Waals surface area contributed by atoms with E-state index in [2.05, 4.69) is 19.2 Å². The van der Waals surface area contributed by atoms with Crippen LogP contribution in [0.5, 0.6) is 5.75 Å². The highest BCUT2D eigenvalue weighted by molar-refractivity contribution is 7.99. The highest BCUT2D eigenvalue weighted by Gasteiger charge is 2.51. The second-order valence-electron chi connectivity index (χ2n) is 13.8. The molecule has 0 heterocycles. The van der Waals surface area contributed by atoms with Crippen molar-refractivity contribution in [3.8, 4) is 5.75 Å². The Kier molecular flexibility index (Phi) is 23.0. The number of methoxy groups -OCH3 is 1. The average molecular weight is 728 g/mol. The van der Waals surface area contributed by atoms with Gasteiger partial charge < -0.3 is 24.6 Å². The predicted octanol–water partition coefficient (Wildman–Crippen LogP) is 8.62. The van der Waals surface area contributed by atoms with Crippen LogP contribution in [0.15, 0.2) is 36.4 Å². The van der Waals surface area contributed by atoms with Gasteiger partial charge in [0.05, 0.1) is 19.6 Å². The van der Waals surface area contributed by atoms with E-state index in [1.54, 1.807) is 30.3 Å². The fourth-order valence-electron chi connectivity index (χ4n) is 5.25. The minimum Gasteiger partial charge on any atom is -0.494 e. The summed E-state index contributed by atoms with van der Waals surface area (Å²) in [5, 5.41) is 14.1. The molecule has 1 aromatic carbocycles. The van der Waals surface area contributed by atoms with Crippen LogP contribution in [0.1, 0.15) is 124 Å². The Balaban J connectivity index is 3.05. The summed E-state index contributed by atoms with van der Waals surface area (Å²) in [5.74, 6) is -1.89. The molecule has 8 nitrogen and oxygen atoms in total. The molecule has 286 valence electrons. The van der Waals surface area contributed by atoms with Gasteiger partial charge in [0.15, 0.2) is 5.60 Å². The minimum atomic E-state index is -3.13. The number of aliphatic hydroxyl groups is 1. The third kappa shape index (κ3) is 19.1. The first kappa shape index (κ1) is 45.4. The van der Waals surface area contributed by atoms with E-state index in [0.717, 1.165) is 44.3 Å². The van der Waals surface area contributed by atoms with Crippen LogP contribution in [0.2, 0.25) is 0 Å².